The summed E-state index contributed by atoms with van der Waals surface area (Å²) in [6.07, 6.45) is 8.55. The van der Waals surface area contributed by atoms with E-state index in [4.69, 9.17) is 0 Å². The van der Waals surface area contributed by atoms with Crippen molar-refractivity contribution in [3.8, 4) is 0 Å². The highest BCUT2D eigenvalue weighted by Crippen LogP contribution is 2.23. The van der Waals surface area contributed by atoms with Crippen LogP contribution in [0.15, 0.2) is 30.5 Å². The van der Waals surface area contributed by atoms with E-state index in [0.717, 1.165) is 30.0 Å². The summed E-state index contributed by atoms with van der Waals surface area (Å²) >= 11 is 0. The van der Waals surface area contributed by atoms with Crippen LogP contribution in [0.5, 0.6) is 0 Å². The van der Waals surface area contributed by atoms with Crippen LogP contribution >= 0.6 is 0 Å². The Bertz CT molecular complexity index is 683. The van der Waals surface area contributed by atoms with Crippen molar-refractivity contribution in [1.29, 1.82) is 0 Å². The van der Waals surface area contributed by atoms with E-state index in [1.165, 1.54) is 19.3 Å². The molecule has 1 aromatic heterocycles. The topological polar surface area (TPSA) is 42.3 Å². The van der Waals surface area contributed by atoms with E-state index in [0.29, 0.717) is 18.2 Å². The molecule has 1 amide bonds. The highest BCUT2D eigenvalue weighted by Gasteiger charge is 2.22. The molecule has 0 spiro atoms. The van der Waals surface area contributed by atoms with Crippen LogP contribution in [0, 0.1) is 0 Å². The Morgan fingerprint density at radius 2 is 2.00 bits per heavy atom. The molecule has 0 N–H and O–H groups in total. The zero-order chi connectivity index (χ0) is 15.5. The van der Waals surface area contributed by atoms with Gasteiger partial charge in [0.25, 0.3) is 0 Å². The molecule has 3 rings (SSSR count). The van der Waals surface area contributed by atoms with E-state index in [2.05, 4.69) is 0 Å². The number of nitrogens with zero attached hydrogens (tertiary/aromatic N) is 2. The molecule has 1 aliphatic carbocycles. The summed E-state index contributed by atoms with van der Waals surface area (Å²) in [6, 6.07) is 8.09. The Hall–Kier alpha value is -2.10. The van der Waals surface area contributed by atoms with Gasteiger partial charge in [-0.05, 0) is 18.9 Å². The van der Waals surface area contributed by atoms with Gasteiger partial charge in [0, 0.05) is 35.8 Å². The van der Waals surface area contributed by atoms with E-state index >= 15 is 0 Å². The number of aromatic nitrogens is 1. The molecule has 2 aromatic rings. The van der Waals surface area contributed by atoms with Crippen LogP contribution in [0.2, 0.25) is 0 Å². The standard InChI is InChI=1S/C18H22N2O2/c1-19(15-7-3-2-4-8-15)18(22)12-20-11-14(13-21)16-9-5-6-10-17(16)20/h5-6,9-11,13,15H,2-4,7-8,12H2,1H3. The lowest BCUT2D eigenvalue weighted by Gasteiger charge is -2.31. The molecule has 1 aliphatic rings. The summed E-state index contributed by atoms with van der Waals surface area (Å²) in [6.45, 7) is 0.293. The number of aldehydes is 1. The number of benzene rings is 1. The highest BCUT2D eigenvalue weighted by molar-refractivity contribution is 5.98. The molecule has 0 bridgehead atoms. The third-order valence-electron chi connectivity index (χ3n) is 4.77. The van der Waals surface area contributed by atoms with E-state index in [-0.39, 0.29) is 5.91 Å². The number of para-hydroxylation sites is 1. The molecule has 4 nitrogen and oxygen atoms in total. The predicted octanol–water partition coefficient (Wildman–Crippen LogP) is 3.24. The van der Waals surface area contributed by atoms with Gasteiger partial charge in [-0.25, -0.2) is 0 Å². The minimum atomic E-state index is 0.116. The summed E-state index contributed by atoms with van der Waals surface area (Å²) < 4.78 is 1.89. The van der Waals surface area contributed by atoms with Gasteiger partial charge in [-0.1, -0.05) is 37.5 Å². The summed E-state index contributed by atoms with van der Waals surface area (Å²) in [5.74, 6) is 0.116. The van der Waals surface area contributed by atoms with E-state index < -0.39 is 0 Å². The largest absolute Gasteiger partial charge is 0.341 e. The van der Waals surface area contributed by atoms with Crippen LogP contribution in [-0.4, -0.2) is 34.7 Å². The van der Waals surface area contributed by atoms with Crippen LogP contribution in [0.1, 0.15) is 42.5 Å². The van der Waals surface area contributed by atoms with Crippen molar-refractivity contribution in [1.82, 2.24) is 9.47 Å². The molecule has 1 heterocycles. The fraction of sp³-hybridized carbons (Fsp3) is 0.444. The number of rotatable bonds is 4. The number of likely N-dealkylation sites (N-methyl/N-ethyl adjacent to an activating group) is 1. The monoisotopic (exact) mass is 298 g/mol. The minimum absolute atomic E-state index is 0.116. The van der Waals surface area contributed by atoms with Gasteiger partial charge in [-0.15, -0.1) is 0 Å². The average molecular weight is 298 g/mol. The maximum atomic E-state index is 12.6. The van der Waals surface area contributed by atoms with Gasteiger partial charge in [0.15, 0.2) is 6.29 Å². The summed E-state index contributed by atoms with van der Waals surface area (Å²) in [5.41, 5.74) is 1.58. The molecule has 1 fully saturated rings. The van der Waals surface area contributed by atoms with Gasteiger partial charge < -0.3 is 9.47 Å². The normalized spacial score (nSPS) is 15.9. The Morgan fingerprint density at radius 1 is 1.27 bits per heavy atom. The van der Waals surface area contributed by atoms with Crippen molar-refractivity contribution in [3.05, 3.63) is 36.0 Å². The van der Waals surface area contributed by atoms with Gasteiger partial charge in [0.05, 0.1) is 0 Å². The third kappa shape index (κ3) is 2.78. The molecule has 1 aromatic carbocycles. The van der Waals surface area contributed by atoms with Crippen molar-refractivity contribution >= 4 is 23.1 Å². The second-order valence-electron chi connectivity index (χ2n) is 6.14. The maximum absolute atomic E-state index is 12.6. The number of hydrogen-bond acceptors (Lipinski definition) is 2. The van der Waals surface area contributed by atoms with Gasteiger partial charge in [-0.2, -0.15) is 0 Å². The molecule has 1 saturated carbocycles. The van der Waals surface area contributed by atoms with Crippen LogP contribution in [0.4, 0.5) is 0 Å². The van der Waals surface area contributed by atoms with E-state index in [1.807, 2.05) is 40.8 Å². The molecule has 0 radical (unpaired) electrons. The molecule has 0 unspecified atom stereocenters. The number of carbonyl (C=O) groups is 2. The van der Waals surface area contributed by atoms with Crippen molar-refractivity contribution < 1.29 is 9.59 Å². The van der Waals surface area contributed by atoms with Crippen LogP contribution in [0.3, 0.4) is 0 Å². The minimum Gasteiger partial charge on any atom is -0.341 e. The lowest BCUT2D eigenvalue weighted by molar-refractivity contribution is -0.133. The molecular formula is C18H22N2O2. The molecular weight excluding hydrogens is 276 g/mol. The maximum Gasteiger partial charge on any atom is 0.242 e. The number of hydrogen-bond donors (Lipinski definition) is 0. The van der Waals surface area contributed by atoms with Crippen molar-refractivity contribution in [2.24, 2.45) is 0 Å². The molecule has 116 valence electrons. The van der Waals surface area contributed by atoms with Gasteiger partial charge in [0.2, 0.25) is 5.91 Å². The summed E-state index contributed by atoms with van der Waals surface area (Å²) in [7, 11) is 1.91. The Balaban J connectivity index is 1.80. The van der Waals surface area contributed by atoms with E-state index in [9.17, 15) is 9.59 Å². The number of amides is 1. The third-order valence-corrected chi connectivity index (χ3v) is 4.77. The van der Waals surface area contributed by atoms with Gasteiger partial charge in [-0.3, -0.25) is 9.59 Å². The average Bonchev–Trinajstić information content (AvgIpc) is 2.93. The van der Waals surface area contributed by atoms with Crippen LogP contribution in [0.25, 0.3) is 10.9 Å². The molecule has 0 aliphatic heterocycles. The first-order valence-corrected chi connectivity index (χ1v) is 7.99. The SMILES string of the molecule is CN(C(=O)Cn1cc(C=O)c2ccccc21)C1CCCCC1. The summed E-state index contributed by atoms with van der Waals surface area (Å²) in [4.78, 5) is 25.7. The first kappa shape index (κ1) is 14.8. The fourth-order valence-electron chi connectivity index (χ4n) is 3.43. The first-order valence-electron chi connectivity index (χ1n) is 7.99. The van der Waals surface area contributed by atoms with Crippen LogP contribution < -0.4 is 0 Å². The second-order valence-corrected chi connectivity index (χ2v) is 6.14. The number of carbonyl (C=O) groups excluding carboxylic acids is 2. The first-order chi connectivity index (χ1) is 10.7. The van der Waals surface area contributed by atoms with Gasteiger partial charge >= 0.3 is 0 Å². The molecule has 0 atom stereocenters. The lowest BCUT2D eigenvalue weighted by atomic mass is 9.94. The van der Waals surface area contributed by atoms with E-state index in [1.54, 1.807) is 6.20 Å². The molecule has 4 heteroatoms. The zero-order valence-electron chi connectivity index (χ0n) is 13.0. The van der Waals surface area contributed by atoms with Crippen molar-refractivity contribution in [3.63, 3.8) is 0 Å². The zero-order valence-corrected chi connectivity index (χ0v) is 13.0. The fourth-order valence-corrected chi connectivity index (χ4v) is 3.43. The lowest BCUT2D eigenvalue weighted by Crippen LogP contribution is -2.40. The molecule has 0 saturated heterocycles. The van der Waals surface area contributed by atoms with Gasteiger partial charge in [0.1, 0.15) is 6.54 Å². The smallest absolute Gasteiger partial charge is 0.242 e. The second kappa shape index (κ2) is 6.34. The van der Waals surface area contributed by atoms with Crippen molar-refractivity contribution in [2.45, 2.75) is 44.7 Å². The quantitative estimate of drug-likeness (QED) is 0.813. The number of fused-ring (bicyclic) bond motifs is 1. The Kier molecular flexibility index (Phi) is 4.27. The van der Waals surface area contributed by atoms with Crippen molar-refractivity contribution in [2.75, 3.05) is 7.05 Å². The van der Waals surface area contributed by atoms with Crippen LogP contribution in [-0.2, 0) is 11.3 Å². The Morgan fingerprint density at radius 3 is 2.73 bits per heavy atom. The molecule has 22 heavy (non-hydrogen) atoms. The predicted molar refractivity (Wildman–Crippen MR) is 87.0 cm³/mol. The summed E-state index contributed by atoms with van der Waals surface area (Å²) in [5, 5.41) is 0.908. The highest BCUT2D eigenvalue weighted by atomic mass is 16.2. The Labute approximate surface area is 130 Å².